The molecule has 0 atom stereocenters. The number of benzene rings is 1. The number of amides is 1. The zero-order valence-corrected chi connectivity index (χ0v) is 14.1. The van der Waals surface area contributed by atoms with Crippen LogP contribution in [0.25, 0.3) is 10.4 Å². The third kappa shape index (κ3) is 2.58. The van der Waals surface area contributed by atoms with Gasteiger partial charge in [-0.3, -0.25) is 9.90 Å². The van der Waals surface area contributed by atoms with Crippen LogP contribution in [0.1, 0.15) is 9.67 Å². The van der Waals surface area contributed by atoms with Crippen molar-refractivity contribution in [1.29, 1.82) is 0 Å². The number of morpholine rings is 1. The van der Waals surface area contributed by atoms with E-state index in [-0.39, 0.29) is 22.6 Å². The molecule has 1 radical (unpaired) electrons. The summed E-state index contributed by atoms with van der Waals surface area (Å²) in [5.41, 5.74) is 0.729. The van der Waals surface area contributed by atoms with Crippen LogP contribution >= 0.6 is 22.9 Å². The first-order valence-corrected chi connectivity index (χ1v) is 8.61. The van der Waals surface area contributed by atoms with Crippen LogP contribution < -0.4 is 9.47 Å². The Morgan fingerprint density at radius 2 is 1.92 bits per heavy atom. The molecule has 0 unspecified atom stereocenters. The van der Waals surface area contributed by atoms with Crippen molar-refractivity contribution >= 4 is 28.8 Å². The molecule has 2 aliphatic heterocycles. The lowest BCUT2D eigenvalue weighted by Crippen LogP contribution is -2.40. The number of halogens is 1. The molecule has 3 heterocycles. The van der Waals surface area contributed by atoms with Crippen molar-refractivity contribution in [3.63, 3.8) is 0 Å². The van der Waals surface area contributed by atoms with Gasteiger partial charge in [0, 0.05) is 13.1 Å². The van der Waals surface area contributed by atoms with E-state index < -0.39 is 5.75 Å². The Morgan fingerprint density at radius 3 is 2.71 bits per heavy atom. The van der Waals surface area contributed by atoms with Crippen LogP contribution in [0.4, 0.5) is 0 Å². The number of hydrogen-bond donors (Lipinski definition) is 0. The van der Waals surface area contributed by atoms with Crippen molar-refractivity contribution in [1.82, 2.24) is 4.90 Å². The zero-order chi connectivity index (χ0) is 16.7. The van der Waals surface area contributed by atoms with Gasteiger partial charge in [0.2, 0.25) is 12.5 Å². The van der Waals surface area contributed by atoms with Gasteiger partial charge in [-0.15, -0.1) is 11.3 Å². The summed E-state index contributed by atoms with van der Waals surface area (Å²) in [6.07, 6.45) is 0. The van der Waals surface area contributed by atoms with Gasteiger partial charge in [0.25, 0.3) is 5.91 Å². The Kier molecular flexibility index (Phi) is 3.99. The summed E-state index contributed by atoms with van der Waals surface area (Å²) in [4.78, 5) is 14.9. The topological polar surface area (TPSA) is 67.9 Å². The van der Waals surface area contributed by atoms with E-state index in [9.17, 15) is 9.90 Å². The van der Waals surface area contributed by atoms with Gasteiger partial charge in [-0.2, -0.15) is 0 Å². The first-order chi connectivity index (χ1) is 11.6. The number of ether oxygens (including phenoxy) is 3. The molecule has 2 aromatic rings. The second-order valence-corrected chi connectivity index (χ2v) is 6.77. The van der Waals surface area contributed by atoms with Gasteiger partial charge in [-0.1, -0.05) is 11.6 Å². The Labute approximate surface area is 147 Å². The van der Waals surface area contributed by atoms with Gasteiger partial charge < -0.3 is 19.1 Å². The highest BCUT2D eigenvalue weighted by Crippen LogP contribution is 2.47. The van der Waals surface area contributed by atoms with Crippen LogP contribution in [-0.2, 0) is 9.84 Å². The molecule has 0 bridgehead atoms. The number of hydrogen-bond acceptors (Lipinski definition) is 5. The van der Waals surface area contributed by atoms with E-state index in [1.807, 2.05) is 0 Å². The average molecular weight is 367 g/mol. The maximum atomic E-state index is 12.6. The molecule has 1 aromatic carbocycles. The number of thiophene rings is 1. The average Bonchev–Trinajstić information content (AvgIpc) is 3.20. The van der Waals surface area contributed by atoms with Crippen LogP contribution in [0.2, 0.25) is 5.02 Å². The molecule has 0 spiro atoms. The molecule has 4 rings (SSSR count). The van der Waals surface area contributed by atoms with Crippen LogP contribution in [0.5, 0.6) is 17.2 Å². The maximum Gasteiger partial charge on any atom is 0.268 e. The minimum Gasteiger partial charge on any atom is -0.454 e. The van der Waals surface area contributed by atoms with Crippen molar-refractivity contribution in [3.05, 3.63) is 28.1 Å². The molecule has 8 heteroatoms. The summed E-state index contributed by atoms with van der Waals surface area (Å²) in [5, 5.41) is 12.5. The van der Waals surface area contributed by atoms with Crippen molar-refractivity contribution in [3.8, 4) is 27.7 Å². The second-order valence-electron chi connectivity index (χ2n) is 5.38. The molecule has 6 nitrogen and oxygen atoms in total. The quantitative estimate of drug-likeness (QED) is 0.816. The summed E-state index contributed by atoms with van der Waals surface area (Å²) in [5.74, 6) is 0.539. The summed E-state index contributed by atoms with van der Waals surface area (Å²) in [6.45, 7) is 2.09. The van der Waals surface area contributed by atoms with E-state index in [1.54, 1.807) is 23.1 Å². The highest BCUT2D eigenvalue weighted by Gasteiger charge is 2.29. The minimum absolute atomic E-state index is 0.0653. The van der Waals surface area contributed by atoms with Gasteiger partial charge >= 0.3 is 0 Å². The minimum atomic E-state index is -0.425. The predicted molar refractivity (Wildman–Crippen MR) is 87.7 cm³/mol. The van der Waals surface area contributed by atoms with Gasteiger partial charge in [-0.05, 0) is 23.8 Å². The fraction of sp³-hybridized carbons (Fsp3) is 0.312. The van der Waals surface area contributed by atoms with Crippen molar-refractivity contribution in [2.45, 2.75) is 0 Å². The van der Waals surface area contributed by atoms with E-state index in [4.69, 9.17) is 25.8 Å². The van der Waals surface area contributed by atoms with Crippen LogP contribution in [-0.4, -0.2) is 43.9 Å². The Bertz CT molecular complexity index is 800. The molecule has 1 saturated heterocycles. The first-order valence-electron chi connectivity index (χ1n) is 7.41. The van der Waals surface area contributed by atoms with Crippen molar-refractivity contribution < 1.29 is 24.1 Å². The molecule has 0 saturated carbocycles. The number of nitrogens with zero attached hydrogens (tertiary/aromatic N) is 1. The molecule has 1 aromatic heterocycles. The smallest absolute Gasteiger partial charge is 0.268 e. The Balaban J connectivity index is 1.69. The van der Waals surface area contributed by atoms with Crippen molar-refractivity contribution in [2.75, 3.05) is 33.1 Å². The predicted octanol–water partition coefficient (Wildman–Crippen LogP) is 3.41. The van der Waals surface area contributed by atoms with Crippen LogP contribution in [0.3, 0.4) is 0 Å². The maximum absolute atomic E-state index is 12.6. The highest BCUT2D eigenvalue weighted by molar-refractivity contribution is 7.18. The third-order valence-corrected chi connectivity index (χ3v) is 5.62. The van der Waals surface area contributed by atoms with Gasteiger partial charge in [0.15, 0.2) is 11.5 Å². The van der Waals surface area contributed by atoms with E-state index in [2.05, 4.69) is 0 Å². The number of rotatable bonds is 2. The molecular weight excluding hydrogens is 354 g/mol. The van der Waals surface area contributed by atoms with Crippen molar-refractivity contribution in [2.24, 2.45) is 0 Å². The lowest BCUT2D eigenvalue weighted by molar-refractivity contribution is 0.0303. The van der Waals surface area contributed by atoms with E-state index in [0.717, 1.165) is 16.9 Å². The lowest BCUT2D eigenvalue weighted by atomic mass is 10.1. The van der Waals surface area contributed by atoms with E-state index in [0.29, 0.717) is 42.7 Å². The molecule has 24 heavy (non-hydrogen) atoms. The molecule has 2 aliphatic rings. The molecule has 0 aliphatic carbocycles. The monoisotopic (exact) mass is 366 g/mol. The Morgan fingerprint density at radius 1 is 1.17 bits per heavy atom. The molecule has 125 valence electrons. The largest absolute Gasteiger partial charge is 0.454 e. The molecule has 1 fully saturated rings. The lowest BCUT2D eigenvalue weighted by Gasteiger charge is -2.26. The summed E-state index contributed by atoms with van der Waals surface area (Å²) in [7, 11) is 0. The van der Waals surface area contributed by atoms with Gasteiger partial charge in [0.1, 0.15) is 9.90 Å². The second kappa shape index (κ2) is 6.16. The fourth-order valence-corrected chi connectivity index (χ4v) is 4.09. The van der Waals surface area contributed by atoms with Gasteiger partial charge in [-0.25, -0.2) is 0 Å². The third-order valence-electron chi connectivity index (χ3n) is 3.94. The molecular formula is C16H13ClNO5S. The highest BCUT2D eigenvalue weighted by atomic mass is 35.5. The van der Waals surface area contributed by atoms with E-state index in [1.165, 1.54) is 0 Å². The molecule has 1 amide bonds. The number of carbonyl (C=O) groups excluding carboxylic acids is 1. The molecule has 0 N–H and O–H groups in total. The first kappa shape index (κ1) is 15.6. The SMILES string of the molecule is [O]c1c(C(=O)N2CCOCC2)sc(-c2ccc3c(c2)OCO3)c1Cl. The summed E-state index contributed by atoms with van der Waals surface area (Å²) in [6, 6.07) is 5.33. The standard InChI is InChI=1S/C16H13ClNO5S/c17-12-13(19)15(16(20)18-3-5-21-6-4-18)24-14(12)9-1-2-10-11(7-9)23-8-22-10/h1-2,7H,3-6,8H2. The number of carbonyl (C=O) groups is 1. The summed E-state index contributed by atoms with van der Waals surface area (Å²) < 4.78 is 15.9. The Hall–Kier alpha value is -1.96. The summed E-state index contributed by atoms with van der Waals surface area (Å²) >= 11 is 7.33. The zero-order valence-electron chi connectivity index (χ0n) is 12.5. The van der Waals surface area contributed by atoms with Gasteiger partial charge in [0.05, 0.1) is 18.1 Å². The number of fused-ring (bicyclic) bond motifs is 1. The normalized spacial score (nSPS) is 16.5. The fourth-order valence-electron chi connectivity index (χ4n) is 2.67. The van der Waals surface area contributed by atoms with Crippen LogP contribution in [0, 0.1) is 0 Å². The van der Waals surface area contributed by atoms with E-state index >= 15 is 0 Å². The van der Waals surface area contributed by atoms with Crippen LogP contribution in [0.15, 0.2) is 18.2 Å².